The molecule has 1 aromatic heterocycles. The zero-order chi connectivity index (χ0) is 20.4. The molecule has 0 atom stereocenters. The highest BCUT2D eigenvalue weighted by Gasteiger charge is 2.28. The molecule has 0 aliphatic heterocycles. The summed E-state index contributed by atoms with van der Waals surface area (Å²) in [5, 5.41) is 4.23. The first-order chi connectivity index (χ1) is 12.6. The number of methoxy groups -OCH3 is 1. The summed E-state index contributed by atoms with van der Waals surface area (Å²) in [4.78, 5) is 38.0. The first kappa shape index (κ1) is 20.4. The first-order valence-electron chi connectivity index (χ1n) is 8.61. The third-order valence-electron chi connectivity index (χ3n) is 3.88. The second-order valence-corrected chi connectivity index (χ2v) is 7.14. The molecule has 0 radical (unpaired) electrons. The molecular formula is C20H24N2O5. The number of hydrogen-bond acceptors (Lipinski definition) is 6. The van der Waals surface area contributed by atoms with Crippen molar-refractivity contribution in [1.29, 1.82) is 0 Å². The van der Waals surface area contributed by atoms with E-state index in [4.69, 9.17) is 9.47 Å². The molecule has 0 aliphatic carbocycles. The van der Waals surface area contributed by atoms with Crippen LogP contribution in [0.15, 0.2) is 29.1 Å². The summed E-state index contributed by atoms with van der Waals surface area (Å²) in [5.74, 6) is -0.702. The summed E-state index contributed by atoms with van der Waals surface area (Å²) in [7, 11) is 1.47. The number of aryl methyl sites for hydroxylation is 1. The number of carbonyl (C=O) groups excluding carboxylic acids is 2. The maximum Gasteiger partial charge on any atom is 0.343 e. The van der Waals surface area contributed by atoms with Crippen LogP contribution in [0, 0.1) is 12.3 Å². The Bertz CT molecular complexity index is 938. The van der Waals surface area contributed by atoms with Crippen molar-refractivity contribution in [1.82, 2.24) is 9.78 Å². The summed E-state index contributed by atoms with van der Waals surface area (Å²) in [6.45, 7) is 8.82. The number of benzene rings is 1. The Kier molecular flexibility index (Phi) is 5.83. The molecule has 2 rings (SSSR count). The van der Waals surface area contributed by atoms with E-state index < -0.39 is 16.9 Å². The van der Waals surface area contributed by atoms with Crippen molar-refractivity contribution in [2.45, 2.75) is 34.6 Å². The van der Waals surface area contributed by atoms with Gasteiger partial charge in [-0.25, -0.2) is 4.79 Å². The molecular weight excluding hydrogens is 348 g/mol. The van der Waals surface area contributed by atoms with Crippen LogP contribution in [0.5, 0.6) is 5.75 Å². The van der Waals surface area contributed by atoms with Gasteiger partial charge in [0.1, 0.15) is 22.7 Å². The van der Waals surface area contributed by atoms with Crippen molar-refractivity contribution in [2.75, 3.05) is 13.7 Å². The second kappa shape index (κ2) is 7.73. The van der Waals surface area contributed by atoms with Crippen LogP contribution in [0.2, 0.25) is 0 Å². The molecule has 2 aromatic rings. The molecule has 7 nitrogen and oxygen atoms in total. The lowest BCUT2D eigenvalue weighted by molar-refractivity contribution is 0.0523. The summed E-state index contributed by atoms with van der Waals surface area (Å²) >= 11 is 0. The number of carbonyl (C=O) groups is 2. The predicted octanol–water partition coefficient (Wildman–Crippen LogP) is 2.96. The molecule has 0 spiro atoms. The van der Waals surface area contributed by atoms with Crippen LogP contribution in [0.1, 0.15) is 54.1 Å². The smallest absolute Gasteiger partial charge is 0.343 e. The van der Waals surface area contributed by atoms with Gasteiger partial charge in [-0.2, -0.15) is 9.78 Å². The lowest BCUT2D eigenvalue weighted by Crippen LogP contribution is -2.32. The SMILES string of the molecule is CCOC(=O)c1cc(C(=O)C(C)(C)C)nn(-c2cc(C)ccc2OC)c1=O. The molecule has 1 aromatic carbocycles. The van der Waals surface area contributed by atoms with Gasteiger partial charge in [0, 0.05) is 5.41 Å². The molecule has 0 aliphatic rings. The van der Waals surface area contributed by atoms with Crippen LogP contribution in [-0.2, 0) is 4.74 Å². The minimum Gasteiger partial charge on any atom is -0.494 e. The van der Waals surface area contributed by atoms with Crippen molar-refractivity contribution in [2.24, 2.45) is 5.41 Å². The maximum absolute atomic E-state index is 12.9. The highest BCUT2D eigenvalue weighted by Crippen LogP contribution is 2.24. The Morgan fingerprint density at radius 2 is 1.85 bits per heavy atom. The fourth-order valence-corrected chi connectivity index (χ4v) is 2.47. The Morgan fingerprint density at radius 1 is 1.19 bits per heavy atom. The molecule has 144 valence electrons. The number of aromatic nitrogens is 2. The van der Waals surface area contributed by atoms with Gasteiger partial charge in [-0.15, -0.1) is 0 Å². The predicted molar refractivity (Wildman–Crippen MR) is 101 cm³/mol. The van der Waals surface area contributed by atoms with Crippen molar-refractivity contribution in [3.63, 3.8) is 0 Å². The molecule has 0 saturated carbocycles. The Labute approximate surface area is 157 Å². The Morgan fingerprint density at radius 3 is 2.41 bits per heavy atom. The van der Waals surface area contributed by atoms with E-state index in [1.54, 1.807) is 39.8 Å². The van der Waals surface area contributed by atoms with Crippen LogP contribution < -0.4 is 10.3 Å². The van der Waals surface area contributed by atoms with E-state index >= 15 is 0 Å². The quantitative estimate of drug-likeness (QED) is 0.592. The first-order valence-corrected chi connectivity index (χ1v) is 8.61. The van der Waals surface area contributed by atoms with Gasteiger partial charge in [-0.3, -0.25) is 9.59 Å². The molecule has 7 heteroatoms. The van der Waals surface area contributed by atoms with E-state index in [1.165, 1.54) is 13.2 Å². The van der Waals surface area contributed by atoms with Crippen LogP contribution in [0.25, 0.3) is 5.69 Å². The topological polar surface area (TPSA) is 87.5 Å². The van der Waals surface area contributed by atoms with Crippen molar-refractivity contribution in [3.8, 4) is 11.4 Å². The molecule has 0 fully saturated rings. The normalized spacial score (nSPS) is 11.2. The Balaban J connectivity index is 2.83. The number of nitrogens with zero attached hydrogens (tertiary/aromatic N) is 2. The number of ketones is 1. The summed E-state index contributed by atoms with van der Waals surface area (Å²) < 4.78 is 11.3. The molecule has 0 bridgehead atoms. The minimum absolute atomic E-state index is 0.00807. The average molecular weight is 372 g/mol. The lowest BCUT2D eigenvalue weighted by atomic mass is 9.88. The highest BCUT2D eigenvalue weighted by atomic mass is 16.5. The van der Waals surface area contributed by atoms with Gasteiger partial charge in [0.25, 0.3) is 5.56 Å². The van der Waals surface area contributed by atoms with Crippen molar-refractivity contribution < 1.29 is 19.1 Å². The summed E-state index contributed by atoms with van der Waals surface area (Å²) in [6.07, 6.45) is 0. The standard InChI is InChI=1S/C20H24N2O5/c1-7-27-19(25)13-11-14(17(23)20(3,4)5)21-22(18(13)24)15-10-12(2)8-9-16(15)26-6/h8-11H,7H2,1-6H3. The second-order valence-electron chi connectivity index (χ2n) is 7.14. The third kappa shape index (κ3) is 4.24. The number of rotatable bonds is 5. The fraction of sp³-hybridized carbons (Fsp3) is 0.400. The van der Waals surface area contributed by atoms with Crippen LogP contribution in [0.3, 0.4) is 0 Å². The maximum atomic E-state index is 12.9. The molecule has 27 heavy (non-hydrogen) atoms. The monoisotopic (exact) mass is 372 g/mol. The Hall–Kier alpha value is -2.96. The molecule has 0 N–H and O–H groups in total. The van der Waals surface area contributed by atoms with Gasteiger partial charge in [0.2, 0.25) is 0 Å². The zero-order valence-electron chi connectivity index (χ0n) is 16.5. The average Bonchev–Trinajstić information content (AvgIpc) is 2.60. The molecule has 1 heterocycles. The van der Waals surface area contributed by atoms with Crippen molar-refractivity contribution >= 4 is 11.8 Å². The number of hydrogen-bond donors (Lipinski definition) is 0. The largest absolute Gasteiger partial charge is 0.494 e. The van der Waals surface area contributed by atoms with Crippen LogP contribution in [0.4, 0.5) is 0 Å². The van der Waals surface area contributed by atoms with Gasteiger partial charge in [-0.1, -0.05) is 26.8 Å². The van der Waals surface area contributed by atoms with Gasteiger partial charge in [0.15, 0.2) is 5.78 Å². The van der Waals surface area contributed by atoms with E-state index in [0.717, 1.165) is 10.2 Å². The number of ether oxygens (including phenoxy) is 2. The molecule has 0 amide bonds. The van der Waals surface area contributed by atoms with Gasteiger partial charge < -0.3 is 9.47 Å². The summed E-state index contributed by atoms with van der Waals surface area (Å²) in [5.41, 5.74) is -0.446. The van der Waals surface area contributed by atoms with E-state index in [9.17, 15) is 14.4 Å². The van der Waals surface area contributed by atoms with Gasteiger partial charge >= 0.3 is 5.97 Å². The fourth-order valence-electron chi connectivity index (χ4n) is 2.47. The number of esters is 1. The minimum atomic E-state index is -0.798. The highest BCUT2D eigenvalue weighted by molar-refractivity contribution is 6.00. The van der Waals surface area contributed by atoms with E-state index in [2.05, 4.69) is 5.10 Å². The van der Waals surface area contributed by atoms with Crippen LogP contribution in [-0.4, -0.2) is 35.2 Å². The van der Waals surface area contributed by atoms with E-state index in [1.807, 2.05) is 13.0 Å². The van der Waals surface area contributed by atoms with E-state index in [-0.39, 0.29) is 23.6 Å². The van der Waals surface area contributed by atoms with Crippen molar-refractivity contribution in [3.05, 3.63) is 51.4 Å². The summed E-state index contributed by atoms with van der Waals surface area (Å²) in [6, 6.07) is 6.42. The van der Waals surface area contributed by atoms with E-state index in [0.29, 0.717) is 11.4 Å². The number of Topliss-reactive ketones (excluding diaryl/α,β-unsaturated/α-hetero) is 1. The van der Waals surface area contributed by atoms with Gasteiger partial charge in [-0.05, 0) is 37.6 Å². The lowest BCUT2D eigenvalue weighted by Gasteiger charge is -2.18. The molecule has 0 saturated heterocycles. The zero-order valence-corrected chi connectivity index (χ0v) is 16.5. The third-order valence-corrected chi connectivity index (χ3v) is 3.88. The van der Waals surface area contributed by atoms with Crippen LogP contribution >= 0.6 is 0 Å². The van der Waals surface area contributed by atoms with Gasteiger partial charge in [0.05, 0.1) is 13.7 Å². The molecule has 0 unspecified atom stereocenters.